The van der Waals surface area contributed by atoms with E-state index < -0.39 is 0 Å². The average molecular weight is 329 g/mol. The molecule has 6 nitrogen and oxygen atoms in total. The molecular weight excluding hydrogens is 314 g/mol. The number of nitrogens with zero attached hydrogens (tertiary/aromatic N) is 5. The van der Waals surface area contributed by atoms with Crippen molar-refractivity contribution in [1.82, 2.24) is 19.6 Å². The molecule has 0 aliphatic carbocycles. The number of hydrogen-bond acceptors (Lipinski definition) is 4. The first-order valence-corrected chi connectivity index (χ1v) is 7.88. The molecule has 0 unspecified atom stereocenters. The van der Waals surface area contributed by atoms with Crippen LogP contribution in [0, 0.1) is 0 Å². The van der Waals surface area contributed by atoms with Crippen molar-refractivity contribution in [3.05, 3.63) is 85.1 Å². The molecule has 0 atom stereocenters. The lowest BCUT2D eigenvalue weighted by molar-refractivity contribution is -0.117. The van der Waals surface area contributed by atoms with Crippen molar-refractivity contribution < 1.29 is 4.79 Å². The smallest absolute Gasteiger partial charge is 0.237 e. The maximum atomic E-state index is 13.1. The third-order valence-electron chi connectivity index (χ3n) is 3.87. The normalized spacial score (nSPS) is 10.7. The van der Waals surface area contributed by atoms with Crippen molar-refractivity contribution >= 4 is 22.9 Å². The molecule has 1 aromatic carbocycles. The lowest BCUT2D eigenvalue weighted by Crippen LogP contribution is -2.28. The van der Waals surface area contributed by atoms with E-state index in [1.165, 1.54) is 0 Å². The molecule has 0 aliphatic heterocycles. The van der Waals surface area contributed by atoms with Gasteiger partial charge in [-0.1, -0.05) is 18.2 Å². The van der Waals surface area contributed by atoms with Crippen LogP contribution in [-0.4, -0.2) is 25.5 Å². The first-order valence-electron chi connectivity index (χ1n) is 7.88. The van der Waals surface area contributed by atoms with Crippen molar-refractivity contribution in [2.24, 2.45) is 0 Å². The molecule has 3 heterocycles. The van der Waals surface area contributed by atoms with Gasteiger partial charge >= 0.3 is 0 Å². The number of pyridine rings is 1. The van der Waals surface area contributed by atoms with Gasteiger partial charge in [-0.2, -0.15) is 5.10 Å². The maximum Gasteiger partial charge on any atom is 0.237 e. The summed E-state index contributed by atoms with van der Waals surface area (Å²) in [7, 11) is 0. The van der Waals surface area contributed by atoms with Crippen LogP contribution in [0.3, 0.4) is 0 Å². The van der Waals surface area contributed by atoms with Crippen molar-refractivity contribution in [3.63, 3.8) is 0 Å². The Bertz CT molecular complexity index is 958. The van der Waals surface area contributed by atoms with Gasteiger partial charge in [-0.25, -0.2) is 9.50 Å². The minimum absolute atomic E-state index is 0.0674. The zero-order valence-electron chi connectivity index (χ0n) is 13.4. The maximum absolute atomic E-state index is 13.1. The Labute approximate surface area is 144 Å². The number of aromatic nitrogens is 4. The highest BCUT2D eigenvalue weighted by Crippen LogP contribution is 2.25. The van der Waals surface area contributed by atoms with E-state index in [9.17, 15) is 4.79 Å². The highest BCUT2D eigenvalue weighted by molar-refractivity contribution is 6.01. The summed E-state index contributed by atoms with van der Waals surface area (Å²) in [6, 6.07) is 16.8. The molecule has 4 aromatic rings. The van der Waals surface area contributed by atoms with Crippen molar-refractivity contribution in [2.75, 3.05) is 4.90 Å². The number of para-hydroxylation sites is 1. The molecular formula is C19H15N5O. The summed E-state index contributed by atoms with van der Waals surface area (Å²) in [5.41, 5.74) is 3.03. The third-order valence-corrected chi connectivity index (χ3v) is 3.87. The molecule has 0 spiro atoms. The summed E-state index contributed by atoms with van der Waals surface area (Å²) in [4.78, 5) is 23.2. The number of carbonyl (C=O) groups is 1. The van der Waals surface area contributed by atoms with E-state index >= 15 is 0 Å². The molecule has 0 saturated carbocycles. The minimum Gasteiger partial charge on any atom is -0.279 e. The van der Waals surface area contributed by atoms with Crippen LogP contribution in [0.2, 0.25) is 0 Å². The number of amides is 1. The van der Waals surface area contributed by atoms with E-state index in [0.717, 1.165) is 22.7 Å². The lowest BCUT2D eigenvalue weighted by atomic mass is 10.2. The predicted octanol–water partition coefficient (Wildman–Crippen LogP) is 3.03. The highest BCUT2D eigenvalue weighted by Gasteiger charge is 2.19. The molecule has 0 fully saturated rings. The van der Waals surface area contributed by atoms with E-state index in [0.29, 0.717) is 0 Å². The number of hydrogen-bond donors (Lipinski definition) is 0. The second kappa shape index (κ2) is 6.52. The summed E-state index contributed by atoms with van der Waals surface area (Å²) in [5.74, 6) is -0.0674. The molecule has 0 bridgehead atoms. The lowest BCUT2D eigenvalue weighted by Gasteiger charge is -2.22. The van der Waals surface area contributed by atoms with Gasteiger partial charge in [0.15, 0.2) is 5.65 Å². The molecule has 25 heavy (non-hydrogen) atoms. The molecule has 1 amide bonds. The van der Waals surface area contributed by atoms with Crippen LogP contribution in [0.4, 0.5) is 11.4 Å². The minimum atomic E-state index is -0.0674. The van der Waals surface area contributed by atoms with Gasteiger partial charge in [0, 0.05) is 24.1 Å². The van der Waals surface area contributed by atoms with Gasteiger partial charge in [0.2, 0.25) is 5.91 Å². The summed E-state index contributed by atoms with van der Waals surface area (Å²) in [6.45, 7) is 0. The number of carbonyl (C=O) groups excluding carboxylic acids is 1. The monoisotopic (exact) mass is 329 g/mol. The molecule has 0 saturated heterocycles. The largest absolute Gasteiger partial charge is 0.279 e. The summed E-state index contributed by atoms with van der Waals surface area (Å²) >= 11 is 0. The van der Waals surface area contributed by atoms with Gasteiger partial charge in [-0.15, -0.1) is 0 Å². The Kier molecular flexibility index (Phi) is 3.92. The quantitative estimate of drug-likeness (QED) is 0.577. The Morgan fingerprint density at radius 2 is 1.76 bits per heavy atom. The Hall–Kier alpha value is -3.54. The van der Waals surface area contributed by atoms with Gasteiger partial charge in [0.05, 0.1) is 30.2 Å². The third kappa shape index (κ3) is 2.97. The number of benzene rings is 1. The summed E-state index contributed by atoms with van der Waals surface area (Å²) in [6.07, 6.45) is 6.93. The fourth-order valence-electron chi connectivity index (χ4n) is 2.75. The fourth-order valence-corrected chi connectivity index (χ4v) is 2.75. The SMILES string of the molecule is O=C(Cc1ccnc2ccnn12)N(c1ccccc1)c1cccnc1. The molecule has 0 aliphatic rings. The number of rotatable bonds is 4. The van der Waals surface area contributed by atoms with Crippen molar-refractivity contribution in [3.8, 4) is 0 Å². The molecule has 122 valence electrons. The molecule has 0 N–H and O–H groups in total. The van der Waals surface area contributed by atoms with Crippen LogP contribution in [0.5, 0.6) is 0 Å². The summed E-state index contributed by atoms with van der Waals surface area (Å²) in [5, 5.41) is 4.25. The standard InChI is InChI=1S/C19H15N5O/c25-19(13-16-8-11-21-18-9-12-22-24(16)18)23(15-5-2-1-3-6-15)17-7-4-10-20-14-17/h1-12,14H,13H2. The second-order valence-corrected chi connectivity index (χ2v) is 5.49. The van der Waals surface area contributed by atoms with Gasteiger partial charge < -0.3 is 0 Å². The molecule has 3 aromatic heterocycles. The zero-order valence-corrected chi connectivity index (χ0v) is 13.4. The Morgan fingerprint density at radius 1 is 0.920 bits per heavy atom. The molecule has 0 radical (unpaired) electrons. The van der Waals surface area contributed by atoms with E-state index in [1.54, 1.807) is 34.2 Å². The molecule has 6 heteroatoms. The first kappa shape index (κ1) is 15.0. The van der Waals surface area contributed by atoms with Gasteiger partial charge in [0.25, 0.3) is 0 Å². The van der Waals surface area contributed by atoms with E-state index in [1.807, 2.05) is 54.6 Å². The Balaban J connectivity index is 1.72. The predicted molar refractivity (Wildman–Crippen MR) is 94.5 cm³/mol. The van der Waals surface area contributed by atoms with Crippen molar-refractivity contribution in [1.29, 1.82) is 0 Å². The Morgan fingerprint density at radius 3 is 2.56 bits per heavy atom. The van der Waals surface area contributed by atoms with Crippen LogP contribution < -0.4 is 4.90 Å². The first-order chi connectivity index (χ1) is 12.3. The average Bonchev–Trinajstić information content (AvgIpc) is 3.14. The zero-order chi connectivity index (χ0) is 17.1. The van der Waals surface area contributed by atoms with E-state index in [4.69, 9.17) is 0 Å². The second-order valence-electron chi connectivity index (χ2n) is 5.49. The van der Waals surface area contributed by atoms with Crippen LogP contribution in [0.15, 0.2) is 79.4 Å². The van der Waals surface area contributed by atoms with E-state index in [2.05, 4.69) is 15.1 Å². The summed E-state index contributed by atoms with van der Waals surface area (Å²) < 4.78 is 1.68. The van der Waals surface area contributed by atoms with Crippen LogP contribution in [-0.2, 0) is 11.2 Å². The van der Waals surface area contributed by atoms with Crippen molar-refractivity contribution in [2.45, 2.75) is 6.42 Å². The van der Waals surface area contributed by atoms with Gasteiger partial charge in [-0.05, 0) is 30.3 Å². The van der Waals surface area contributed by atoms with E-state index in [-0.39, 0.29) is 12.3 Å². The topological polar surface area (TPSA) is 63.4 Å². The van der Waals surface area contributed by atoms with Crippen LogP contribution in [0.25, 0.3) is 5.65 Å². The molecule has 4 rings (SSSR count). The van der Waals surface area contributed by atoms with Gasteiger partial charge in [0.1, 0.15) is 0 Å². The van der Waals surface area contributed by atoms with Gasteiger partial charge in [-0.3, -0.25) is 14.7 Å². The number of anilines is 2. The van der Waals surface area contributed by atoms with Crippen LogP contribution >= 0.6 is 0 Å². The fraction of sp³-hybridized carbons (Fsp3) is 0.0526. The highest BCUT2D eigenvalue weighted by atomic mass is 16.2. The van der Waals surface area contributed by atoms with Crippen LogP contribution in [0.1, 0.15) is 5.69 Å². The number of fused-ring (bicyclic) bond motifs is 1.